The van der Waals surface area contributed by atoms with Gasteiger partial charge in [0.05, 0.1) is 22.3 Å². The number of rotatable bonds is 8. The molecule has 4 aromatic carbocycles. The first-order valence-corrected chi connectivity index (χ1v) is 18.2. The minimum Gasteiger partial charge on any atom is -0.423 e. The van der Waals surface area contributed by atoms with Crippen molar-refractivity contribution >= 4 is 11.9 Å². The molecular formula is C44H44F2N2O4. The molecule has 4 aromatic rings. The predicted octanol–water partition coefficient (Wildman–Crippen LogP) is 11.2. The molecule has 6 rings (SSSR count). The fourth-order valence-corrected chi connectivity index (χ4v) is 7.22. The number of benzene rings is 4. The van der Waals surface area contributed by atoms with E-state index in [1.165, 1.54) is 99.6 Å². The predicted molar refractivity (Wildman–Crippen MR) is 195 cm³/mol. The Bertz CT molecular complexity index is 1770. The summed E-state index contributed by atoms with van der Waals surface area (Å²) in [5.74, 6) is 0.562. The van der Waals surface area contributed by atoms with Crippen LogP contribution in [0.5, 0.6) is 11.5 Å². The van der Waals surface area contributed by atoms with Crippen LogP contribution < -0.4 is 9.47 Å². The summed E-state index contributed by atoms with van der Waals surface area (Å²) in [6.45, 7) is 4.51. The van der Waals surface area contributed by atoms with E-state index in [4.69, 9.17) is 20.0 Å². The number of ether oxygens (including phenoxy) is 2. The van der Waals surface area contributed by atoms with Crippen LogP contribution in [0.25, 0.3) is 0 Å². The maximum Gasteiger partial charge on any atom is 0.343 e. The van der Waals surface area contributed by atoms with Gasteiger partial charge in [-0.1, -0.05) is 51.0 Å². The van der Waals surface area contributed by atoms with Crippen LogP contribution in [0, 0.1) is 46.1 Å². The molecule has 0 spiro atoms. The second-order valence-corrected chi connectivity index (χ2v) is 13.8. The summed E-state index contributed by atoms with van der Waals surface area (Å²) in [5.41, 5.74) is 3.24. The first kappa shape index (κ1) is 37.9. The van der Waals surface area contributed by atoms with E-state index in [1.54, 1.807) is 36.4 Å². The lowest BCUT2D eigenvalue weighted by Gasteiger charge is -2.28. The third-order valence-corrected chi connectivity index (χ3v) is 10.6. The Morgan fingerprint density at radius 2 is 0.923 bits per heavy atom. The van der Waals surface area contributed by atoms with E-state index in [0.29, 0.717) is 23.0 Å². The third kappa shape index (κ3) is 9.92. The number of hydrogen-bond acceptors (Lipinski definition) is 6. The SMILES string of the molecule is CCC1CCC(c2ccc(C(=O)Oc3ccc(C#N)c(F)c3)cc2)CC1.CCC1CCC(c2ccc(C(=O)Oc3ccc(C#N)c(F)c3)cc2)CC1. The molecule has 2 aliphatic rings. The van der Waals surface area contributed by atoms with Crippen molar-refractivity contribution in [1.82, 2.24) is 0 Å². The number of halogens is 2. The van der Waals surface area contributed by atoms with Crippen LogP contribution in [0.2, 0.25) is 0 Å². The number of carbonyl (C=O) groups excluding carboxylic acids is 2. The number of carbonyl (C=O) groups is 2. The average Bonchev–Trinajstić information content (AvgIpc) is 3.18. The molecule has 0 heterocycles. The Labute approximate surface area is 305 Å². The van der Waals surface area contributed by atoms with Crippen LogP contribution in [-0.4, -0.2) is 11.9 Å². The van der Waals surface area contributed by atoms with Crippen molar-refractivity contribution < 1.29 is 27.8 Å². The fourth-order valence-electron chi connectivity index (χ4n) is 7.22. The molecule has 268 valence electrons. The van der Waals surface area contributed by atoms with E-state index in [9.17, 15) is 18.4 Å². The zero-order valence-corrected chi connectivity index (χ0v) is 29.7. The smallest absolute Gasteiger partial charge is 0.343 e. The van der Waals surface area contributed by atoms with Crippen molar-refractivity contribution in [2.45, 2.75) is 89.9 Å². The van der Waals surface area contributed by atoms with Crippen molar-refractivity contribution in [2.24, 2.45) is 11.8 Å². The summed E-state index contributed by atoms with van der Waals surface area (Å²) < 4.78 is 37.6. The van der Waals surface area contributed by atoms with Crippen molar-refractivity contribution in [1.29, 1.82) is 10.5 Å². The van der Waals surface area contributed by atoms with Crippen LogP contribution in [0.1, 0.15) is 133 Å². The molecule has 0 radical (unpaired) electrons. The maximum absolute atomic E-state index is 13.6. The highest BCUT2D eigenvalue weighted by molar-refractivity contribution is 5.91. The lowest BCUT2D eigenvalue weighted by atomic mass is 9.78. The molecule has 2 aliphatic carbocycles. The highest BCUT2D eigenvalue weighted by atomic mass is 19.1. The first-order valence-electron chi connectivity index (χ1n) is 18.2. The second-order valence-electron chi connectivity index (χ2n) is 13.8. The zero-order chi connectivity index (χ0) is 37.0. The Kier molecular flexibility index (Phi) is 13.3. The van der Waals surface area contributed by atoms with E-state index in [0.717, 1.165) is 24.0 Å². The van der Waals surface area contributed by atoms with E-state index >= 15 is 0 Å². The van der Waals surface area contributed by atoms with Crippen LogP contribution >= 0.6 is 0 Å². The highest BCUT2D eigenvalue weighted by Gasteiger charge is 2.23. The molecule has 0 aromatic heterocycles. The molecule has 2 fully saturated rings. The van der Waals surface area contributed by atoms with Gasteiger partial charge in [0.25, 0.3) is 0 Å². The average molecular weight is 703 g/mol. The van der Waals surface area contributed by atoms with Crippen LogP contribution in [0.4, 0.5) is 8.78 Å². The van der Waals surface area contributed by atoms with Gasteiger partial charge < -0.3 is 9.47 Å². The summed E-state index contributed by atoms with van der Waals surface area (Å²) in [7, 11) is 0. The van der Waals surface area contributed by atoms with Crippen molar-refractivity contribution in [3.8, 4) is 23.6 Å². The van der Waals surface area contributed by atoms with Crippen LogP contribution in [-0.2, 0) is 0 Å². The molecule has 8 heteroatoms. The van der Waals surface area contributed by atoms with Crippen molar-refractivity contribution in [3.05, 3.63) is 130 Å². The Morgan fingerprint density at radius 1 is 0.577 bits per heavy atom. The highest BCUT2D eigenvalue weighted by Crippen LogP contribution is 2.38. The lowest BCUT2D eigenvalue weighted by Crippen LogP contribution is -2.13. The summed E-state index contributed by atoms with van der Waals surface area (Å²) >= 11 is 0. The summed E-state index contributed by atoms with van der Waals surface area (Å²) in [4.78, 5) is 24.5. The quantitative estimate of drug-likeness (QED) is 0.134. The van der Waals surface area contributed by atoms with Crippen LogP contribution in [0.3, 0.4) is 0 Å². The van der Waals surface area contributed by atoms with Gasteiger partial charge in [0, 0.05) is 12.1 Å². The zero-order valence-electron chi connectivity index (χ0n) is 29.7. The molecule has 0 atom stereocenters. The molecule has 0 unspecified atom stereocenters. The molecular weight excluding hydrogens is 658 g/mol. The number of nitriles is 2. The fraction of sp³-hybridized carbons (Fsp3) is 0.364. The van der Waals surface area contributed by atoms with Gasteiger partial charge in [0.2, 0.25) is 0 Å². The molecule has 6 nitrogen and oxygen atoms in total. The molecule has 0 bridgehead atoms. The minimum atomic E-state index is -0.698. The maximum atomic E-state index is 13.6. The second kappa shape index (κ2) is 18.2. The number of nitrogens with zero attached hydrogens (tertiary/aromatic N) is 2. The Morgan fingerprint density at radius 3 is 1.21 bits per heavy atom. The molecule has 0 amide bonds. The van der Waals surface area contributed by atoms with Gasteiger partial charge in [-0.05, 0) is 135 Å². The van der Waals surface area contributed by atoms with E-state index < -0.39 is 23.6 Å². The summed E-state index contributed by atoms with van der Waals surface area (Å²) in [6, 6.07) is 26.1. The first-order chi connectivity index (χ1) is 25.2. The van der Waals surface area contributed by atoms with Gasteiger partial charge >= 0.3 is 11.9 Å². The van der Waals surface area contributed by atoms with Gasteiger partial charge in [0.1, 0.15) is 35.3 Å². The monoisotopic (exact) mass is 702 g/mol. The van der Waals surface area contributed by atoms with E-state index in [1.807, 2.05) is 24.3 Å². The molecule has 0 N–H and O–H groups in total. The van der Waals surface area contributed by atoms with Gasteiger partial charge in [-0.2, -0.15) is 10.5 Å². The molecule has 0 aliphatic heterocycles. The topological polar surface area (TPSA) is 100 Å². The summed E-state index contributed by atoms with van der Waals surface area (Å²) in [6.07, 6.45) is 12.4. The molecule has 2 saturated carbocycles. The van der Waals surface area contributed by atoms with Gasteiger partial charge in [-0.25, -0.2) is 18.4 Å². The van der Waals surface area contributed by atoms with Gasteiger partial charge in [-0.3, -0.25) is 0 Å². The van der Waals surface area contributed by atoms with Crippen molar-refractivity contribution in [3.63, 3.8) is 0 Å². The normalized spacial score (nSPS) is 19.6. The van der Waals surface area contributed by atoms with E-state index in [2.05, 4.69) is 13.8 Å². The van der Waals surface area contributed by atoms with Crippen molar-refractivity contribution in [2.75, 3.05) is 0 Å². The van der Waals surface area contributed by atoms with Crippen LogP contribution in [0.15, 0.2) is 84.9 Å². The number of esters is 2. The molecule has 52 heavy (non-hydrogen) atoms. The van der Waals surface area contributed by atoms with Gasteiger partial charge in [0.15, 0.2) is 0 Å². The van der Waals surface area contributed by atoms with Gasteiger partial charge in [-0.15, -0.1) is 0 Å². The number of hydrogen-bond donors (Lipinski definition) is 0. The third-order valence-electron chi connectivity index (χ3n) is 10.6. The Hall–Kier alpha value is -5.34. The standard InChI is InChI=1S/2C22H22FNO2/c2*1-2-15-3-5-16(6-4-15)17-7-9-18(10-8-17)22(25)26-20-12-11-19(14-24)21(23)13-20/h2*7-13,15-16H,2-6H2,1H3. The van der Waals surface area contributed by atoms with E-state index in [-0.39, 0.29) is 22.6 Å². The Balaban J connectivity index is 0.000000201. The largest absolute Gasteiger partial charge is 0.423 e. The lowest BCUT2D eigenvalue weighted by molar-refractivity contribution is 0.0724. The minimum absolute atomic E-state index is 0.0769. The molecule has 0 saturated heterocycles. The summed E-state index contributed by atoms with van der Waals surface area (Å²) in [5, 5.41) is 17.5.